The van der Waals surface area contributed by atoms with Crippen LogP contribution >= 0.6 is 0 Å². The molecular formula is C21H25N3O3. The van der Waals surface area contributed by atoms with E-state index in [-0.39, 0.29) is 12.0 Å². The van der Waals surface area contributed by atoms with Gasteiger partial charge in [-0.25, -0.2) is 4.68 Å². The first-order valence-electron chi connectivity index (χ1n) is 9.58. The minimum absolute atomic E-state index is 0.0409. The number of ether oxygens (including phenoxy) is 2. The molecule has 0 spiro atoms. The van der Waals surface area contributed by atoms with E-state index in [4.69, 9.17) is 14.5 Å². The molecule has 2 aliphatic carbocycles. The molecule has 2 aromatic rings. The van der Waals surface area contributed by atoms with Crippen molar-refractivity contribution < 1.29 is 14.6 Å². The van der Waals surface area contributed by atoms with Crippen molar-refractivity contribution >= 4 is 0 Å². The fourth-order valence-electron chi connectivity index (χ4n) is 3.64. The fourth-order valence-corrected chi connectivity index (χ4v) is 3.64. The average molecular weight is 367 g/mol. The van der Waals surface area contributed by atoms with Crippen LogP contribution in [0.3, 0.4) is 0 Å². The van der Waals surface area contributed by atoms with Crippen molar-refractivity contribution in [2.75, 3.05) is 7.11 Å². The van der Waals surface area contributed by atoms with Gasteiger partial charge in [0.1, 0.15) is 23.4 Å². The Morgan fingerprint density at radius 1 is 1.11 bits per heavy atom. The Hall–Kier alpha value is -2.76. The third-order valence-electron chi connectivity index (χ3n) is 5.17. The van der Waals surface area contributed by atoms with Gasteiger partial charge in [0, 0.05) is 5.92 Å². The topological polar surface area (TPSA) is 69.4 Å². The zero-order chi connectivity index (χ0) is 18.6. The summed E-state index contributed by atoms with van der Waals surface area (Å²) in [6.07, 6.45) is 12.2. The molecule has 1 fully saturated rings. The molecule has 0 saturated heterocycles. The van der Waals surface area contributed by atoms with E-state index in [1.54, 1.807) is 19.3 Å². The molecule has 1 aromatic carbocycles. The lowest BCUT2D eigenvalue weighted by Gasteiger charge is -2.20. The highest BCUT2D eigenvalue weighted by atomic mass is 16.5. The van der Waals surface area contributed by atoms with Gasteiger partial charge in [-0.05, 0) is 68.5 Å². The number of aromatic nitrogens is 3. The second kappa shape index (κ2) is 7.86. The van der Waals surface area contributed by atoms with Crippen LogP contribution < -0.4 is 9.47 Å². The first kappa shape index (κ1) is 17.6. The van der Waals surface area contributed by atoms with Crippen LogP contribution in [-0.2, 0) is 0 Å². The van der Waals surface area contributed by atoms with Crippen LogP contribution in [0.4, 0.5) is 0 Å². The lowest BCUT2D eigenvalue weighted by atomic mass is 9.98. The van der Waals surface area contributed by atoms with Crippen molar-refractivity contribution in [2.45, 2.75) is 50.5 Å². The molecule has 6 nitrogen and oxygen atoms in total. The molecule has 1 saturated carbocycles. The number of nitrogens with zero attached hydrogens (tertiary/aromatic N) is 3. The predicted molar refractivity (Wildman–Crippen MR) is 103 cm³/mol. The summed E-state index contributed by atoms with van der Waals surface area (Å²) in [5.74, 6) is 1.94. The van der Waals surface area contributed by atoms with Crippen molar-refractivity contribution in [3.05, 3.63) is 54.1 Å². The van der Waals surface area contributed by atoms with Crippen molar-refractivity contribution in [3.8, 4) is 17.4 Å². The smallest absolute Gasteiger partial charge is 0.336 e. The van der Waals surface area contributed by atoms with Gasteiger partial charge >= 0.3 is 6.01 Å². The summed E-state index contributed by atoms with van der Waals surface area (Å²) in [6.45, 7) is 0. The maximum atomic E-state index is 9.63. The number of hydrogen-bond acceptors (Lipinski definition) is 5. The highest BCUT2D eigenvalue weighted by Gasteiger charge is 2.23. The van der Waals surface area contributed by atoms with Gasteiger partial charge in [-0.1, -0.05) is 12.5 Å². The maximum absolute atomic E-state index is 9.63. The highest BCUT2D eigenvalue weighted by molar-refractivity contribution is 5.39. The quantitative estimate of drug-likeness (QED) is 0.844. The van der Waals surface area contributed by atoms with E-state index in [1.165, 1.54) is 19.3 Å². The van der Waals surface area contributed by atoms with Crippen LogP contribution in [0, 0.1) is 0 Å². The third kappa shape index (κ3) is 3.99. The molecule has 1 aromatic heterocycles. The Labute approximate surface area is 159 Å². The van der Waals surface area contributed by atoms with E-state index in [1.807, 2.05) is 35.0 Å². The van der Waals surface area contributed by atoms with Gasteiger partial charge in [0.05, 0.1) is 12.8 Å². The van der Waals surface area contributed by atoms with E-state index >= 15 is 0 Å². The van der Waals surface area contributed by atoms with Gasteiger partial charge in [0.15, 0.2) is 0 Å². The van der Waals surface area contributed by atoms with E-state index in [9.17, 15) is 5.11 Å². The van der Waals surface area contributed by atoms with E-state index in [0.717, 1.165) is 30.1 Å². The van der Waals surface area contributed by atoms with Gasteiger partial charge in [0.25, 0.3) is 0 Å². The SMILES string of the molecule is COc1ccc(-n2nc(OC3CCCCC3)nc2C2C=CC(O)=CC2)cc1. The van der Waals surface area contributed by atoms with Crippen LogP contribution in [0.15, 0.2) is 48.3 Å². The monoisotopic (exact) mass is 367 g/mol. The molecule has 27 heavy (non-hydrogen) atoms. The molecule has 0 bridgehead atoms. The fraction of sp³-hybridized carbons (Fsp3) is 0.429. The average Bonchev–Trinajstić information content (AvgIpc) is 3.13. The van der Waals surface area contributed by atoms with E-state index < -0.39 is 0 Å². The number of methoxy groups -OCH3 is 1. The largest absolute Gasteiger partial charge is 0.508 e. The summed E-state index contributed by atoms with van der Waals surface area (Å²) in [5.41, 5.74) is 0.906. The van der Waals surface area contributed by atoms with Crippen LogP contribution in [0.25, 0.3) is 5.69 Å². The van der Waals surface area contributed by atoms with E-state index in [2.05, 4.69) is 5.10 Å². The molecular weight excluding hydrogens is 342 g/mol. The molecule has 6 heteroatoms. The van der Waals surface area contributed by atoms with Crippen molar-refractivity contribution in [1.29, 1.82) is 0 Å². The summed E-state index contributed by atoms with van der Waals surface area (Å²) in [4.78, 5) is 4.71. The Balaban J connectivity index is 1.65. The second-order valence-electron chi connectivity index (χ2n) is 7.07. The van der Waals surface area contributed by atoms with Crippen molar-refractivity contribution in [1.82, 2.24) is 14.8 Å². The van der Waals surface area contributed by atoms with Crippen LogP contribution in [0.1, 0.15) is 50.3 Å². The van der Waals surface area contributed by atoms with Crippen LogP contribution in [-0.4, -0.2) is 33.1 Å². The molecule has 1 atom stereocenters. The Bertz CT molecular complexity index is 833. The second-order valence-corrected chi connectivity index (χ2v) is 7.07. The summed E-state index contributed by atoms with van der Waals surface area (Å²) >= 11 is 0. The van der Waals surface area contributed by atoms with Crippen LogP contribution in [0.2, 0.25) is 0 Å². The molecule has 2 aliphatic rings. The number of aliphatic hydroxyl groups excluding tert-OH is 1. The third-order valence-corrected chi connectivity index (χ3v) is 5.17. The first-order chi connectivity index (χ1) is 13.2. The Morgan fingerprint density at radius 2 is 1.89 bits per heavy atom. The van der Waals surface area contributed by atoms with Gasteiger partial charge in [-0.15, -0.1) is 5.10 Å². The summed E-state index contributed by atoms with van der Waals surface area (Å²) < 4.78 is 13.2. The minimum atomic E-state index is 0.0409. The number of allylic oxidation sites excluding steroid dienone is 3. The molecule has 0 amide bonds. The lowest BCUT2D eigenvalue weighted by Crippen LogP contribution is -2.20. The number of aliphatic hydroxyl groups is 1. The lowest BCUT2D eigenvalue weighted by molar-refractivity contribution is 0.142. The van der Waals surface area contributed by atoms with Gasteiger partial charge in [-0.2, -0.15) is 4.98 Å². The molecule has 142 valence electrons. The summed E-state index contributed by atoms with van der Waals surface area (Å²) in [6, 6.07) is 8.16. The number of rotatable bonds is 5. The van der Waals surface area contributed by atoms with Crippen molar-refractivity contribution in [2.24, 2.45) is 0 Å². The standard InChI is InChI=1S/C21H25N3O3/c1-26-18-13-9-16(10-14-18)24-20(15-7-11-17(25)12-8-15)22-21(23-24)27-19-5-3-2-4-6-19/h7,9-15,19,25H,2-6,8H2,1H3. The number of hydrogen-bond donors (Lipinski definition) is 1. The van der Waals surface area contributed by atoms with E-state index in [0.29, 0.717) is 18.2 Å². The number of benzene rings is 1. The zero-order valence-electron chi connectivity index (χ0n) is 15.5. The molecule has 1 heterocycles. The maximum Gasteiger partial charge on any atom is 0.336 e. The molecule has 0 aliphatic heterocycles. The first-order valence-corrected chi connectivity index (χ1v) is 9.58. The van der Waals surface area contributed by atoms with Crippen LogP contribution in [0.5, 0.6) is 11.8 Å². The van der Waals surface area contributed by atoms with Gasteiger partial charge in [0.2, 0.25) is 0 Å². The Kier molecular flexibility index (Phi) is 5.14. The highest BCUT2D eigenvalue weighted by Crippen LogP contribution is 2.30. The molecule has 0 radical (unpaired) electrons. The van der Waals surface area contributed by atoms with Crippen molar-refractivity contribution in [3.63, 3.8) is 0 Å². The predicted octanol–water partition coefficient (Wildman–Crippen LogP) is 4.47. The minimum Gasteiger partial charge on any atom is -0.508 e. The summed E-state index contributed by atoms with van der Waals surface area (Å²) in [7, 11) is 1.65. The zero-order valence-corrected chi connectivity index (χ0v) is 15.5. The molecule has 4 rings (SSSR count). The molecule has 1 unspecified atom stereocenters. The molecule has 1 N–H and O–H groups in total. The Morgan fingerprint density at radius 3 is 2.56 bits per heavy atom. The summed E-state index contributed by atoms with van der Waals surface area (Å²) in [5, 5.41) is 14.3. The normalized spacial score (nSPS) is 20.3. The van der Waals surface area contributed by atoms with Gasteiger partial charge in [-0.3, -0.25) is 0 Å². The van der Waals surface area contributed by atoms with Gasteiger partial charge < -0.3 is 14.6 Å².